The Labute approximate surface area is 93.8 Å². The van der Waals surface area contributed by atoms with Crippen LogP contribution in [0, 0.1) is 0 Å². The summed E-state index contributed by atoms with van der Waals surface area (Å²) in [5.41, 5.74) is 1.26. The quantitative estimate of drug-likeness (QED) is 0.785. The van der Waals surface area contributed by atoms with Gasteiger partial charge in [0.15, 0.2) is 5.82 Å². The van der Waals surface area contributed by atoms with Crippen molar-refractivity contribution in [3.05, 3.63) is 54.2 Å². The van der Waals surface area contributed by atoms with Crippen molar-refractivity contribution in [3.8, 4) is 0 Å². The van der Waals surface area contributed by atoms with Crippen LogP contribution in [0.2, 0.25) is 0 Å². The number of aromatic nitrogens is 2. The lowest BCUT2D eigenvalue weighted by atomic mass is 9.95. The molecule has 3 rings (SSSR count). The summed E-state index contributed by atoms with van der Waals surface area (Å²) in [5, 5.41) is 4.04. The van der Waals surface area contributed by atoms with Gasteiger partial charge in [0.1, 0.15) is 0 Å². The molecule has 0 spiro atoms. The topological polar surface area (TPSA) is 38.9 Å². The van der Waals surface area contributed by atoms with Crippen molar-refractivity contribution in [1.29, 1.82) is 0 Å². The average Bonchev–Trinajstić information content (AvgIpc) is 3.02. The molecular formula is C13H12N2O. The van der Waals surface area contributed by atoms with Gasteiger partial charge in [-0.1, -0.05) is 42.1 Å². The molecular weight excluding hydrogens is 200 g/mol. The molecule has 0 N–H and O–H groups in total. The van der Waals surface area contributed by atoms with Crippen molar-refractivity contribution in [3.63, 3.8) is 0 Å². The lowest BCUT2D eigenvalue weighted by molar-refractivity contribution is 0.399. The number of nitrogens with zero attached hydrogens (tertiary/aromatic N) is 2. The van der Waals surface area contributed by atoms with Crippen molar-refractivity contribution in [2.45, 2.75) is 18.3 Å². The molecule has 2 aromatic rings. The largest absolute Gasteiger partial charge is 0.335 e. The maximum Gasteiger partial charge on any atom is 0.250 e. The zero-order valence-corrected chi connectivity index (χ0v) is 8.89. The molecule has 1 heterocycles. The summed E-state index contributed by atoms with van der Waals surface area (Å²) < 4.78 is 5.08. The predicted molar refractivity (Wildman–Crippen MR) is 60.8 cm³/mol. The summed E-state index contributed by atoms with van der Waals surface area (Å²) in [7, 11) is 0. The van der Waals surface area contributed by atoms with Crippen LogP contribution >= 0.6 is 0 Å². The summed E-state index contributed by atoms with van der Waals surface area (Å²) in [6.45, 7) is 3.62. The van der Waals surface area contributed by atoms with E-state index in [-0.39, 0.29) is 5.41 Å². The molecule has 1 aliphatic rings. The third kappa shape index (κ3) is 1.28. The summed E-state index contributed by atoms with van der Waals surface area (Å²) in [5.74, 6) is 1.28. The first-order valence-electron chi connectivity index (χ1n) is 5.37. The molecule has 16 heavy (non-hydrogen) atoms. The highest BCUT2D eigenvalue weighted by molar-refractivity contribution is 5.41. The highest BCUT2D eigenvalue weighted by Gasteiger charge is 2.49. The van der Waals surface area contributed by atoms with Crippen molar-refractivity contribution < 1.29 is 4.52 Å². The third-order valence-corrected chi connectivity index (χ3v) is 3.12. The van der Waals surface area contributed by atoms with E-state index < -0.39 is 0 Å². The van der Waals surface area contributed by atoms with E-state index in [0.717, 1.165) is 18.7 Å². The van der Waals surface area contributed by atoms with Gasteiger partial charge in [-0.2, -0.15) is 4.98 Å². The number of rotatable bonds is 3. The normalized spacial score (nSPS) is 17.0. The van der Waals surface area contributed by atoms with Crippen molar-refractivity contribution in [1.82, 2.24) is 10.1 Å². The minimum Gasteiger partial charge on any atom is -0.335 e. The Hall–Kier alpha value is -1.90. The molecule has 80 valence electrons. The first kappa shape index (κ1) is 9.33. The highest BCUT2D eigenvalue weighted by Crippen LogP contribution is 2.52. The molecule has 0 atom stereocenters. The van der Waals surface area contributed by atoms with Gasteiger partial charge in [0.05, 0.1) is 5.41 Å². The molecule has 3 nitrogen and oxygen atoms in total. The molecule has 1 fully saturated rings. The predicted octanol–water partition coefficient (Wildman–Crippen LogP) is 2.79. The summed E-state index contributed by atoms with van der Waals surface area (Å²) in [6.07, 6.45) is 3.76. The van der Waals surface area contributed by atoms with Crippen LogP contribution in [0.5, 0.6) is 0 Å². The maximum absolute atomic E-state index is 5.08. The average molecular weight is 212 g/mol. The van der Waals surface area contributed by atoms with E-state index in [2.05, 4.69) is 28.9 Å². The number of hydrogen-bond acceptors (Lipinski definition) is 3. The van der Waals surface area contributed by atoms with Gasteiger partial charge in [-0.3, -0.25) is 0 Å². The van der Waals surface area contributed by atoms with E-state index >= 15 is 0 Å². The first-order valence-corrected chi connectivity index (χ1v) is 5.37. The Morgan fingerprint density at radius 3 is 2.56 bits per heavy atom. The molecule has 3 heteroatoms. The fraction of sp³-hybridized carbons (Fsp3) is 0.231. The monoisotopic (exact) mass is 212 g/mol. The lowest BCUT2D eigenvalue weighted by Crippen LogP contribution is -2.10. The fourth-order valence-electron chi connectivity index (χ4n) is 2.04. The second-order valence-electron chi connectivity index (χ2n) is 4.11. The molecule has 0 amide bonds. The SMILES string of the molecule is C=Cc1nc(C2(c3ccccc3)CC2)no1. The van der Waals surface area contributed by atoms with Gasteiger partial charge in [0.25, 0.3) is 0 Å². The number of benzene rings is 1. The van der Waals surface area contributed by atoms with Gasteiger partial charge in [-0.15, -0.1) is 0 Å². The third-order valence-electron chi connectivity index (χ3n) is 3.12. The standard InChI is InChI=1S/C13H12N2O/c1-2-11-14-12(15-16-11)13(8-9-13)10-6-4-3-5-7-10/h2-7H,1,8-9H2. The van der Waals surface area contributed by atoms with E-state index in [9.17, 15) is 0 Å². The lowest BCUT2D eigenvalue weighted by Gasteiger charge is -2.09. The van der Waals surface area contributed by atoms with Crippen LogP contribution in [0.25, 0.3) is 6.08 Å². The summed E-state index contributed by atoms with van der Waals surface area (Å²) >= 11 is 0. The Morgan fingerprint density at radius 2 is 2.00 bits per heavy atom. The van der Waals surface area contributed by atoms with Crippen LogP contribution in [0.1, 0.15) is 30.1 Å². The van der Waals surface area contributed by atoms with E-state index in [1.54, 1.807) is 6.08 Å². The Morgan fingerprint density at radius 1 is 1.25 bits per heavy atom. The van der Waals surface area contributed by atoms with E-state index in [1.165, 1.54) is 5.56 Å². The van der Waals surface area contributed by atoms with Crippen molar-refractivity contribution in [2.24, 2.45) is 0 Å². The van der Waals surface area contributed by atoms with Crippen LogP contribution in [0.15, 0.2) is 41.4 Å². The molecule has 0 bridgehead atoms. The zero-order chi connectivity index (χ0) is 11.0. The second-order valence-corrected chi connectivity index (χ2v) is 4.11. The summed E-state index contributed by atoms with van der Waals surface area (Å²) in [6, 6.07) is 10.4. The van der Waals surface area contributed by atoms with Gasteiger partial charge in [0.2, 0.25) is 5.89 Å². The molecule has 1 aromatic carbocycles. The smallest absolute Gasteiger partial charge is 0.250 e. The van der Waals surface area contributed by atoms with Gasteiger partial charge >= 0.3 is 0 Å². The molecule has 1 aliphatic carbocycles. The van der Waals surface area contributed by atoms with Gasteiger partial charge in [-0.05, 0) is 24.5 Å². The van der Waals surface area contributed by atoms with Crippen LogP contribution < -0.4 is 0 Å². The van der Waals surface area contributed by atoms with Gasteiger partial charge in [0, 0.05) is 0 Å². The highest BCUT2D eigenvalue weighted by atomic mass is 16.5. The van der Waals surface area contributed by atoms with Crippen LogP contribution in [0.3, 0.4) is 0 Å². The Bertz CT molecular complexity index is 512. The Kier molecular flexibility index (Phi) is 1.93. The molecule has 0 unspecified atom stereocenters. The minimum atomic E-state index is -0.00792. The van der Waals surface area contributed by atoms with Crippen LogP contribution in [-0.2, 0) is 5.41 Å². The van der Waals surface area contributed by atoms with E-state index in [4.69, 9.17) is 4.52 Å². The van der Waals surface area contributed by atoms with Gasteiger partial charge in [-0.25, -0.2) is 0 Å². The second kappa shape index (κ2) is 3.30. The molecule has 1 aromatic heterocycles. The van der Waals surface area contributed by atoms with E-state index in [1.807, 2.05) is 18.2 Å². The van der Waals surface area contributed by atoms with Crippen molar-refractivity contribution >= 4 is 6.08 Å². The van der Waals surface area contributed by atoms with Gasteiger partial charge < -0.3 is 4.52 Å². The fourth-order valence-corrected chi connectivity index (χ4v) is 2.04. The van der Waals surface area contributed by atoms with Crippen molar-refractivity contribution in [2.75, 3.05) is 0 Å². The molecule has 0 aliphatic heterocycles. The molecule has 0 saturated heterocycles. The van der Waals surface area contributed by atoms with E-state index in [0.29, 0.717) is 5.89 Å². The first-order chi connectivity index (χ1) is 7.85. The molecule has 0 radical (unpaired) electrons. The van der Waals surface area contributed by atoms with Crippen LogP contribution in [-0.4, -0.2) is 10.1 Å². The zero-order valence-electron chi connectivity index (χ0n) is 8.89. The van der Waals surface area contributed by atoms with Crippen LogP contribution in [0.4, 0.5) is 0 Å². The number of hydrogen-bond donors (Lipinski definition) is 0. The maximum atomic E-state index is 5.08. The molecule has 1 saturated carbocycles. The Balaban J connectivity index is 2.03. The summed E-state index contributed by atoms with van der Waals surface area (Å²) in [4.78, 5) is 4.34. The minimum absolute atomic E-state index is 0.00792.